The summed E-state index contributed by atoms with van der Waals surface area (Å²) in [6.45, 7) is 24.6. The smallest absolute Gasteiger partial charge is 0.405 e. The lowest BCUT2D eigenvalue weighted by molar-refractivity contribution is 0.00578. The normalized spacial score (nSPS) is 18.9. The minimum absolute atomic E-state index is 0.360. The maximum absolute atomic E-state index is 6.52. The van der Waals surface area contributed by atoms with Gasteiger partial charge in [-0.2, -0.15) is 0 Å². The van der Waals surface area contributed by atoms with E-state index in [9.17, 15) is 0 Å². The summed E-state index contributed by atoms with van der Waals surface area (Å²) in [6.07, 6.45) is 0. The highest BCUT2D eigenvalue weighted by molar-refractivity contribution is 9.15. The minimum Gasteiger partial charge on any atom is -0.405 e. The number of hydrogen-bond donors (Lipinski definition) is 0. The Labute approximate surface area is 416 Å². The van der Waals surface area contributed by atoms with E-state index >= 15 is 0 Å². The second-order valence-corrected chi connectivity index (χ2v) is 21.3. The Hall–Kier alpha value is -4.77. The van der Waals surface area contributed by atoms with Crippen molar-refractivity contribution < 1.29 is 27.9 Å². The summed E-state index contributed by atoms with van der Waals surface area (Å²) >= 11 is 3.81. The minimum atomic E-state index is -0.476. The van der Waals surface area contributed by atoms with Gasteiger partial charge in [-0.25, -0.2) is 0 Å². The molecule has 6 aromatic rings. The number of halogens is 1. The van der Waals surface area contributed by atoms with E-state index in [1.807, 2.05) is 91.8 Å². The fourth-order valence-corrected chi connectivity index (χ4v) is 8.74. The summed E-state index contributed by atoms with van der Waals surface area (Å²) in [5.41, 5.74) is 8.14. The van der Waals surface area contributed by atoms with Crippen molar-refractivity contribution in [2.75, 3.05) is 0 Å². The zero-order valence-corrected chi connectivity index (χ0v) is 43.5. The molecule has 3 aliphatic rings. The van der Waals surface area contributed by atoms with Crippen molar-refractivity contribution in [3.8, 4) is 0 Å². The summed E-state index contributed by atoms with van der Waals surface area (Å²) in [5, 5.41) is 0. The van der Waals surface area contributed by atoms with Crippen molar-refractivity contribution in [1.29, 1.82) is 0 Å². The van der Waals surface area contributed by atoms with E-state index in [1.54, 1.807) is 0 Å². The van der Waals surface area contributed by atoms with E-state index in [0.29, 0.717) is 0 Å². The van der Waals surface area contributed by atoms with Gasteiger partial charge < -0.3 is 27.9 Å². The van der Waals surface area contributed by atoms with Crippen LogP contribution in [-0.2, 0) is 27.9 Å². The van der Waals surface area contributed by atoms with E-state index in [0.717, 1.165) is 32.2 Å². The van der Waals surface area contributed by atoms with Gasteiger partial charge in [0.1, 0.15) is 0 Å². The topological polar surface area (TPSA) is 55.4 Å². The monoisotopic (exact) mass is 970 g/mol. The first kappa shape index (κ1) is 51.1. The average Bonchev–Trinajstić information content (AvgIpc) is 3.79. The lowest BCUT2D eigenvalue weighted by atomic mass is 9.49. The molecule has 0 radical (unpaired) electrons. The van der Waals surface area contributed by atoms with Crippen molar-refractivity contribution in [3.05, 3.63) is 215 Å². The molecule has 6 nitrogen and oxygen atoms in total. The molecule has 0 aromatic heterocycles. The Balaban J connectivity index is 0.000000156. The molecule has 9 rings (SSSR count). The molecule has 0 amide bonds. The molecule has 0 bridgehead atoms. The van der Waals surface area contributed by atoms with Crippen LogP contribution in [-0.4, -0.2) is 54.7 Å². The van der Waals surface area contributed by atoms with Gasteiger partial charge in [0.2, 0.25) is 0 Å². The molecule has 3 aliphatic heterocycles. The zero-order chi connectivity index (χ0) is 49.0. The van der Waals surface area contributed by atoms with Gasteiger partial charge in [-0.15, -0.1) is 0 Å². The number of hydrogen-bond acceptors (Lipinski definition) is 6. The first-order valence-electron chi connectivity index (χ1n) is 23.7. The van der Waals surface area contributed by atoms with Crippen LogP contribution in [0.4, 0.5) is 0 Å². The third-order valence-corrected chi connectivity index (χ3v) is 15.0. The van der Waals surface area contributed by atoms with Crippen molar-refractivity contribution in [2.24, 2.45) is 0 Å². The lowest BCUT2D eigenvalue weighted by Gasteiger charge is -2.32. The summed E-state index contributed by atoms with van der Waals surface area (Å²) in [4.78, 5) is 0. The van der Waals surface area contributed by atoms with E-state index in [2.05, 4.69) is 189 Å². The molecule has 0 saturated carbocycles. The fraction of sp³-hybridized carbons (Fsp3) is 0.310. The van der Waals surface area contributed by atoms with Crippen molar-refractivity contribution >= 4 is 58.2 Å². The summed E-state index contributed by atoms with van der Waals surface area (Å²) in [7, 11) is -1.41. The molecule has 0 aliphatic carbocycles. The first-order valence-corrected chi connectivity index (χ1v) is 24.5. The van der Waals surface area contributed by atoms with Gasteiger partial charge in [0, 0.05) is 10.1 Å². The highest BCUT2D eigenvalue weighted by Gasteiger charge is 2.63. The van der Waals surface area contributed by atoms with Crippen LogP contribution in [0.2, 0.25) is 0 Å². The molecule has 0 spiro atoms. The molecule has 0 unspecified atom stereocenters. The number of benzene rings is 6. The van der Waals surface area contributed by atoms with Gasteiger partial charge in [-0.05, 0) is 143 Å². The van der Waals surface area contributed by atoms with E-state index < -0.39 is 32.3 Å². The largest absolute Gasteiger partial charge is 0.496 e. The van der Waals surface area contributed by atoms with Gasteiger partial charge >= 0.3 is 21.1 Å². The second kappa shape index (κ2) is 20.7. The number of rotatable bonds is 8. The highest BCUT2D eigenvalue weighted by atomic mass is 79.9. The molecule has 3 fully saturated rings. The lowest BCUT2D eigenvalue weighted by Crippen LogP contribution is -2.41. The van der Waals surface area contributed by atoms with Crippen LogP contribution >= 0.6 is 15.9 Å². The summed E-state index contributed by atoms with van der Waals surface area (Å²) in [6, 6.07) is 62.8. The Kier molecular flexibility index (Phi) is 15.5. The SMILES string of the molecule is BrC(=C(c1ccccc1)c1ccccc1)c1ccccc1.CC1(C)OB(B2OC(C)(C)C(C)(C)O2)OC1(C)C.CC1(C)OB(C(=C(c2ccccc2)c2ccccc2)c2ccccc2)OC1(C)C. The van der Waals surface area contributed by atoms with Crippen LogP contribution in [0, 0.1) is 0 Å². The molecule has 3 heterocycles. The van der Waals surface area contributed by atoms with Crippen LogP contribution in [0.3, 0.4) is 0 Å². The van der Waals surface area contributed by atoms with Gasteiger partial charge in [-0.1, -0.05) is 182 Å². The molecular formula is C58H66B3BrO6. The quantitative estimate of drug-likeness (QED) is 0.112. The molecular weight excluding hydrogens is 905 g/mol. The standard InChI is InChI=1S/C26H27BO2.C20H15Br.C12H24B2O4/c1-25(2)26(3,4)29-27(28-25)24(22-18-12-7-13-19-22)23(20-14-8-5-9-15-20)21-16-10-6-11-17-21;21-20(18-14-8-3-9-15-18)19(16-10-4-1-5-11-16)17-12-6-2-7-13-17;1-9(2)10(3,4)16-13(15-9)14-17-11(5,6)12(7,8)18-14/h5-19H,1-4H3;1-15H;1-8H3. The average molecular weight is 972 g/mol. The zero-order valence-electron chi connectivity index (χ0n) is 41.9. The van der Waals surface area contributed by atoms with Crippen LogP contribution in [0.15, 0.2) is 182 Å². The first-order chi connectivity index (χ1) is 32.1. The molecule has 68 heavy (non-hydrogen) atoms. The van der Waals surface area contributed by atoms with Crippen molar-refractivity contribution in [3.63, 3.8) is 0 Å². The van der Waals surface area contributed by atoms with E-state index in [1.165, 1.54) is 22.3 Å². The molecule has 3 saturated heterocycles. The Morgan fingerprint density at radius 1 is 0.294 bits per heavy atom. The van der Waals surface area contributed by atoms with Crippen molar-refractivity contribution in [1.82, 2.24) is 0 Å². The predicted octanol–water partition coefficient (Wildman–Crippen LogP) is 14.5. The van der Waals surface area contributed by atoms with Crippen LogP contribution in [0.1, 0.15) is 116 Å². The third-order valence-electron chi connectivity index (χ3n) is 14.1. The predicted molar refractivity (Wildman–Crippen MR) is 288 cm³/mol. The van der Waals surface area contributed by atoms with Crippen LogP contribution in [0.5, 0.6) is 0 Å². The molecule has 350 valence electrons. The van der Waals surface area contributed by atoms with Gasteiger partial charge in [0.25, 0.3) is 0 Å². The van der Waals surface area contributed by atoms with Crippen LogP contribution < -0.4 is 0 Å². The maximum atomic E-state index is 6.52. The molecule has 0 atom stereocenters. The van der Waals surface area contributed by atoms with Crippen LogP contribution in [0.25, 0.3) is 21.1 Å². The summed E-state index contributed by atoms with van der Waals surface area (Å²) < 4.78 is 38.0. The molecule has 0 N–H and O–H groups in total. The second-order valence-electron chi connectivity index (χ2n) is 20.5. The fourth-order valence-electron chi connectivity index (χ4n) is 8.02. The third kappa shape index (κ3) is 11.3. The van der Waals surface area contributed by atoms with Gasteiger partial charge in [0.15, 0.2) is 0 Å². The van der Waals surface area contributed by atoms with Crippen molar-refractivity contribution in [2.45, 2.75) is 117 Å². The maximum Gasteiger partial charge on any atom is 0.496 e. The Morgan fingerprint density at radius 2 is 0.515 bits per heavy atom. The highest BCUT2D eigenvalue weighted by Crippen LogP contribution is 2.45. The van der Waals surface area contributed by atoms with E-state index in [-0.39, 0.29) is 22.4 Å². The molecule has 6 aromatic carbocycles. The summed E-state index contributed by atoms with van der Waals surface area (Å²) in [5.74, 6) is 0. The Bertz CT molecular complexity index is 2470. The van der Waals surface area contributed by atoms with E-state index in [4.69, 9.17) is 27.9 Å². The van der Waals surface area contributed by atoms with Gasteiger partial charge in [0.05, 0.1) is 33.6 Å². The van der Waals surface area contributed by atoms with Gasteiger partial charge in [-0.3, -0.25) is 0 Å². The molecule has 10 heteroatoms. The Morgan fingerprint density at radius 3 is 0.794 bits per heavy atom.